The predicted molar refractivity (Wildman–Crippen MR) is 122 cm³/mol. The number of methoxy groups -OCH3 is 2. The largest absolute Gasteiger partial charge is 0.493 e. The van der Waals surface area contributed by atoms with Crippen LogP contribution >= 0.6 is 0 Å². The second-order valence-electron chi connectivity index (χ2n) is 7.10. The number of aromatic nitrogens is 2. The van der Waals surface area contributed by atoms with Gasteiger partial charge in [0.2, 0.25) is 5.91 Å². The lowest BCUT2D eigenvalue weighted by Crippen LogP contribution is -2.41. The average molecular weight is 449 g/mol. The van der Waals surface area contributed by atoms with E-state index in [4.69, 9.17) is 9.47 Å². The average Bonchev–Trinajstić information content (AvgIpc) is 2.83. The molecule has 4 rings (SSSR count). The summed E-state index contributed by atoms with van der Waals surface area (Å²) in [7, 11) is 2.97. The summed E-state index contributed by atoms with van der Waals surface area (Å²) >= 11 is 0. The van der Waals surface area contributed by atoms with Crippen LogP contribution in [0.25, 0.3) is 16.6 Å². The number of nitrogens with one attached hydrogen (secondary N) is 1. The minimum atomic E-state index is -0.828. The van der Waals surface area contributed by atoms with E-state index in [9.17, 15) is 18.8 Å². The first kappa shape index (κ1) is 21.8. The standard InChI is InChI=1S/C24H20FN3O5/c1-32-20-12-11-15(13-21(20)33-2)26-22(29)14-27-18-9-5-3-7-16(18)23(30)28(24(27)31)19-10-6-4-8-17(19)25/h3-13H,14H2,1-2H3,(H,26,29). The molecule has 1 amide bonds. The molecule has 0 saturated carbocycles. The molecule has 9 heteroatoms. The lowest BCUT2D eigenvalue weighted by atomic mass is 10.2. The SMILES string of the molecule is COc1ccc(NC(=O)Cn2c(=O)n(-c3ccccc3F)c(=O)c3ccccc32)cc1OC. The molecule has 168 valence electrons. The van der Waals surface area contributed by atoms with Crippen LogP contribution in [0.15, 0.2) is 76.3 Å². The number of anilines is 1. The molecule has 1 N–H and O–H groups in total. The predicted octanol–water partition coefficient (Wildman–Crippen LogP) is 2.95. The fraction of sp³-hybridized carbons (Fsp3) is 0.125. The molecule has 3 aromatic carbocycles. The Morgan fingerprint density at radius 1 is 0.939 bits per heavy atom. The maximum Gasteiger partial charge on any atom is 0.336 e. The van der Waals surface area contributed by atoms with Gasteiger partial charge in [0.05, 0.1) is 30.8 Å². The molecule has 0 radical (unpaired) electrons. The summed E-state index contributed by atoms with van der Waals surface area (Å²) in [6, 6.07) is 16.7. The summed E-state index contributed by atoms with van der Waals surface area (Å²) < 4.78 is 26.7. The Kier molecular flexibility index (Phi) is 5.95. The third kappa shape index (κ3) is 4.08. The van der Waals surface area contributed by atoms with Gasteiger partial charge in [0.25, 0.3) is 5.56 Å². The zero-order valence-electron chi connectivity index (χ0n) is 17.9. The highest BCUT2D eigenvalue weighted by Crippen LogP contribution is 2.29. The number of carbonyl (C=O) groups excluding carboxylic acids is 1. The van der Waals surface area contributed by atoms with E-state index < -0.39 is 29.5 Å². The number of nitrogens with zero attached hydrogens (tertiary/aromatic N) is 2. The first-order valence-corrected chi connectivity index (χ1v) is 9.96. The lowest BCUT2D eigenvalue weighted by Gasteiger charge is -2.15. The van der Waals surface area contributed by atoms with Gasteiger partial charge in [-0.25, -0.2) is 13.8 Å². The summed E-state index contributed by atoms with van der Waals surface area (Å²) in [6.07, 6.45) is 0. The maximum absolute atomic E-state index is 14.4. The van der Waals surface area contributed by atoms with Crippen LogP contribution in [-0.4, -0.2) is 29.3 Å². The molecule has 33 heavy (non-hydrogen) atoms. The number of amides is 1. The molecule has 0 spiro atoms. The van der Waals surface area contributed by atoms with Crippen molar-refractivity contribution in [3.05, 3.63) is 93.4 Å². The van der Waals surface area contributed by atoms with E-state index in [1.54, 1.807) is 36.4 Å². The quantitative estimate of drug-likeness (QED) is 0.489. The van der Waals surface area contributed by atoms with Crippen molar-refractivity contribution in [2.24, 2.45) is 0 Å². The highest BCUT2D eigenvalue weighted by Gasteiger charge is 2.18. The van der Waals surface area contributed by atoms with Gasteiger partial charge in [-0.2, -0.15) is 0 Å². The molecule has 0 aliphatic rings. The number of benzene rings is 3. The summed E-state index contributed by atoms with van der Waals surface area (Å²) in [5.41, 5.74) is -0.990. The van der Waals surface area contributed by atoms with Crippen molar-refractivity contribution in [2.75, 3.05) is 19.5 Å². The zero-order chi connectivity index (χ0) is 23.5. The van der Waals surface area contributed by atoms with Crippen molar-refractivity contribution in [2.45, 2.75) is 6.54 Å². The zero-order valence-corrected chi connectivity index (χ0v) is 17.9. The third-order valence-corrected chi connectivity index (χ3v) is 5.11. The molecule has 0 aliphatic carbocycles. The van der Waals surface area contributed by atoms with E-state index in [-0.39, 0.29) is 16.6 Å². The van der Waals surface area contributed by atoms with E-state index >= 15 is 0 Å². The Balaban J connectivity index is 1.78. The van der Waals surface area contributed by atoms with Gasteiger partial charge >= 0.3 is 5.69 Å². The van der Waals surface area contributed by atoms with Crippen LogP contribution < -0.4 is 26.0 Å². The van der Waals surface area contributed by atoms with Gasteiger partial charge in [-0.15, -0.1) is 0 Å². The van der Waals surface area contributed by atoms with Gasteiger partial charge in [-0.05, 0) is 36.4 Å². The number of fused-ring (bicyclic) bond motifs is 1. The van der Waals surface area contributed by atoms with Crippen molar-refractivity contribution in [3.8, 4) is 17.2 Å². The third-order valence-electron chi connectivity index (χ3n) is 5.11. The number of hydrogen-bond donors (Lipinski definition) is 1. The number of carbonyl (C=O) groups is 1. The topological polar surface area (TPSA) is 91.6 Å². The van der Waals surface area contributed by atoms with Crippen molar-refractivity contribution in [1.82, 2.24) is 9.13 Å². The summed E-state index contributed by atoms with van der Waals surface area (Å²) in [4.78, 5) is 39.1. The van der Waals surface area contributed by atoms with Crippen LogP contribution in [0.1, 0.15) is 0 Å². The normalized spacial score (nSPS) is 10.8. The molecular weight excluding hydrogens is 429 g/mol. The Morgan fingerprint density at radius 2 is 1.64 bits per heavy atom. The lowest BCUT2D eigenvalue weighted by molar-refractivity contribution is -0.116. The smallest absolute Gasteiger partial charge is 0.336 e. The molecule has 0 unspecified atom stereocenters. The first-order chi connectivity index (χ1) is 15.9. The number of para-hydroxylation sites is 2. The van der Waals surface area contributed by atoms with Crippen molar-refractivity contribution in [3.63, 3.8) is 0 Å². The summed E-state index contributed by atoms with van der Waals surface area (Å²) in [5.74, 6) is -0.331. The highest BCUT2D eigenvalue weighted by molar-refractivity contribution is 5.92. The van der Waals surface area contributed by atoms with E-state index in [1.807, 2.05) is 0 Å². The van der Waals surface area contributed by atoms with Gasteiger partial charge in [0.1, 0.15) is 12.4 Å². The second-order valence-corrected chi connectivity index (χ2v) is 7.10. The molecule has 1 heterocycles. The number of rotatable bonds is 6. The van der Waals surface area contributed by atoms with Crippen LogP contribution in [0, 0.1) is 5.82 Å². The van der Waals surface area contributed by atoms with Crippen molar-refractivity contribution >= 4 is 22.5 Å². The van der Waals surface area contributed by atoms with Crippen LogP contribution in [0.5, 0.6) is 11.5 Å². The molecule has 4 aromatic rings. The fourth-order valence-corrected chi connectivity index (χ4v) is 3.58. The molecular formula is C24H20FN3O5. The Labute approximate surface area is 187 Å². The molecule has 8 nitrogen and oxygen atoms in total. The van der Waals surface area contributed by atoms with Gasteiger partial charge in [0, 0.05) is 11.8 Å². The second kappa shape index (κ2) is 8.99. The van der Waals surface area contributed by atoms with Crippen LogP contribution in [0.2, 0.25) is 0 Å². The van der Waals surface area contributed by atoms with Gasteiger partial charge in [-0.3, -0.25) is 14.2 Å². The molecule has 0 atom stereocenters. The molecule has 0 saturated heterocycles. The van der Waals surface area contributed by atoms with Crippen molar-refractivity contribution in [1.29, 1.82) is 0 Å². The van der Waals surface area contributed by atoms with E-state index in [2.05, 4.69) is 5.32 Å². The van der Waals surface area contributed by atoms with E-state index in [0.29, 0.717) is 17.2 Å². The number of halogens is 1. The number of hydrogen-bond acceptors (Lipinski definition) is 5. The molecule has 0 fully saturated rings. The first-order valence-electron chi connectivity index (χ1n) is 9.96. The van der Waals surface area contributed by atoms with Crippen LogP contribution in [0.4, 0.5) is 10.1 Å². The van der Waals surface area contributed by atoms with Gasteiger partial charge < -0.3 is 14.8 Å². The highest BCUT2D eigenvalue weighted by atomic mass is 19.1. The summed E-state index contributed by atoms with van der Waals surface area (Å²) in [5, 5.41) is 2.88. The molecule has 1 aromatic heterocycles. The minimum Gasteiger partial charge on any atom is -0.493 e. The molecule has 0 bridgehead atoms. The number of ether oxygens (including phenoxy) is 2. The van der Waals surface area contributed by atoms with Crippen molar-refractivity contribution < 1.29 is 18.7 Å². The van der Waals surface area contributed by atoms with Crippen LogP contribution in [0.3, 0.4) is 0 Å². The van der Waals surface area contributed by atoms with Gasteiger partial charge in [-0.1, -0.05) is 24.3 Å². The fourth-order valence-electron chi connectivity index (χ4n) is 3.58. The van der Waals surface area contributed by atoms with Gasteiger partial charge in [0.15, 0.2) is 11.5 Å². The van der Waals surface area contributed by atoms with Crippen LogP contribution in [-0.2, 0) is 11.3 Å². The van der Waals surface area contributed by atoms with E-state index in [0.717, 1.165) is 15.2 Å². The monoisotopic (exact) mass is 449 g/mol. The minimum absolute atomic E-state index is 0.180. The Morgan fingerprint density at radius 3 is 2.36 bits per heavy atom. The Hall–Kier alpha value is -4.40. The molecule has 0 aliphatic heterocycles. The Bertz CT molecular complexity index is 1480. The van der Waals surface area contributed by atoms with E-state index in [1.165, 1.54) is 38.5 Å². The summed E-state index contributed by atoms with van der Waals surface area (Å²) in [6.45, 7) is -0.400. The maximum atomic E-state index is 14.4.